The van der Waals surface area contributed by atoms with E-state index in [4.69, 9.17) is 22.1 Å². The van der Waals surface area contributed by atoms with Gasteiger partial charge in [0.05, 0.1) is 12.7 Å². The molecule has 7 heteroatoms. The predicted molar refractivity (Wildman–Crippen MR) is 128 cm³/mol. The van der Waals surface area contributed by atoms with Crippen LogP contribution >= 0.6 is 11.6 Å². The number of nitrogens with two attached hydrogens (primary N) is 1. The van der Waals surface area contributed by atoms with Crippen molar-refractivity contribution in [2.75, 3.05) is 31.6 Å². The lowest BCUT2D eigenvalue weighted by molar-refractivity contribution is 0.0600. The Morgan fingerprint density at radius 3 is 2.31 bits per heavy atom. The van der Waals surface area contributed by atoms with E-state index in [9.17, 15) is 9.59 Å². The van der Waals surface area contributed by atoms with Crippen LogP contribution in [0.15, 0.2) is 48.5 Å². The SMILES string of the molecule is COC(=O)c1ccc(N2CCN(C3CCC(CN)CC3)C2=O)c(C)c1.Clc1ccccc1. The van der Waals surface area contributed by atoms with Crippen LogP contribution in [0.5, 0.6) is 0 Å². The number of anilines is 1. The fourth-order valence-corrected chi connectivity index (χ4v) is 4.57. The molecule has 2 N–H and O–H groups in total. The highest BCUT2D eigenvalue weighted by Crippen LogP contribution is 2.32. The van der Waals surface area contributed by atoms with Gasteiger partial charge in [-0.1, -0.05) is 29.8 Å². The van der Waals surface area contributed by atoms with E-state index in [2.05, 4.69) is 0 Å². The lowest BCUT2D eigenvalue weighted by Gasteiger charge is -2.34. The molecule has 2 fully saturated rings. The molecule has 6 nitrogen and oxygen atoms in total. The van der Waals surface area contributed by atoms with Crippen LogP contribution in [0, 0.1) is 12.8 Å². The Balaban J connectivity index is 0.000000352. The first-order chi connectivity index (χ1) is 15.4. The number of amides is 2. The molecule has 1 heterocycles. The van der Waals surface area contributed by atoms with Crippen molar-refractivity contribution in [3.05, 3.63) is 64.7 Å². The number of nitrogens with zero attached hydrogens (tertiary/aromatic N) is 2. The Labute approximate surface area is 195 Å². The standard InChI is InChI=1S/C19H27N3O3.C6H5Cl/c1-13-11-15(18(23)25-2)5-8-17(13)22-10-9-21(19(22)24)16-6-3-14(12-20)4-7-16;7-6-4-2-1-3-5-6/h5,8,11,14,16H,3-4,6-7,9-10,12,20H2,1-2H3;1-5H. The van der Waals surface area contributed by atoms with Gasteiger partial charge in [0.25, 0.3) is 0 Å². The van der Waals surface area contributed by atoms with Gasteiger partial charge in [-0.15, -0.1) is 0 Å². The summed E-state index contributed by atoms with van der Waals surface area (Å²) in [5.41, 5.74) is 8.05. The Hall–Kier alpha value is -2.57. The molecule has 0 bridgehead atoms. The average molecular weight is 458 g/mol. The molecule has 1 saturated heterocycles. The number of carbonyl (C=O) groups is 2. The van der Waals surface area contributed by atoms with Crippen LogP contribution in [-0.2, 0) is 4.74 Å². The van der Waals surface area contributed by atoms with E-state index in [1.807, 2.05) is 53.1 Å². The highest BCUT2D eigenvalue weighted by atomic mass is 35.5. The molecule has 0 unspecified atom stereocenters. The van der Waals surface area contributed by atoms with Gasteiger partial charge in [-0.05, 0) is 81.0 Å². The van der Waals surface area contributed by atoms with Crippen molar-refractivity contribution >= 4 is 29.3 Å². The summed E-state index contributed by atoms with van der Waals surface area (Å²) in [7, 11) is 1.37. The minimum atomic E-state index is -0.360. The number of methoxy groups -OCH3 is 1. The van der Waals surface area contributed by atoms with E-state index in [0.29, 0.717) is 24.1 Å². The quantitative estimate of drug-likeness (QED) is 0.664. The van der Waals surface area contributed by atoms with Gasteiger partial charge in [0.1, 0.15) is 0 Å². The lowest BCUT2D eigenvalue weighted by Crippen LogP contribution is -2.42. The number of benzene rings is 2. The molecule has 1 saturated carbocycles. The molecule has 0 aromatic heterocycles. The Morgan fingerprint density at radius 1 is 1.09 bits per heavy atom. The normalized spacial score (nSPS) is 20.6. The second-order valence-electron chi connectivity index (χ2n) is 8.33. The lowest BCUT2D eigenvalue weighted by atomic mass is 9.85. The van der Waals surface area contributed by atoms with Crippen LogP contribution in [0.1, 0.15) is 41.6 Å². The van der Waals surface area contributed by atoms with Gasteiger partial charge < -0.3 is 15.4 Å². The number of halogens is 1. The summed E-state index contributed by atoms with van der Waals surface area (Å²) in [6.45, 7) is 4.12. The zero-order chi connectivity index (χ0) is 23.1. The van der Waals surface area contributed by atoms with E-state index in [1.165, 1.54) is 7.11 Å². The van der Waals surface area contributed by atoms with Gasteiger partial charge in [0.15, 0.2) is 0 Å². The third-order valence-electron chi connectivity index (χ3n) is 6.27. The first-order valence-corrected chi connectivity index (χ1v) is 11.5. The maximum atomic E-state index is 12.9. The van der Waals surface area contributed by atoms with Crippen LogP contribution in [0.3, 0.4) is 0 Å². The van der Waals surface area contributed by atoms with Gasteiger partial charge >= 0.3 is 12.0 Å². The summed E-state index contributed by atoms with van der Waals surface area (Å²) >= 11 is 5.54. The summed E-state index contributed by atoms with van der Waals surface area (Å²) in [6, 6.07) is 15.2. The van der Waals surface area contributed by atoms with Crippen molar-refractivity contribution in [2.24, 2.45) is 11.7 Å². The molecule has 2 aromatic carbocycles. The fourth-order valence-electron chi connectivity index (χ4n) is 4.43. The summed E-state index contributed by atoms with van der Waals surface area (Å²) in [6.07, 6.45) is 4.30. The number of urea groups is 1. The molecule has 2 aliphatic rings. The summed E-state index contributed by atoms with van der Waals surface area (Å²) in [4.78, 5) is 28.4. The Kier molecular flexibility index (Phi) is 8.53. The number of carbonyl (C=O) groups excluding carboxylic acids is 2. The average Bonchev–Trinajstić information content (AvgIpc) is 3.20. The van der Waals surface area contributed by atoms with Crippen molar-refractivity contribution in [3.63, 3.8) is 0 Å². The summed E-state index contributed by atoms with van der Waals surface area (Å²) in [5, 5.41) is 0.794. The highest BCUT2D eigenvalue weighted by Gasteiger charge is 2.36. The van der Waals surface area contributed by atoms with Gasteiger partial charge in [0, 0.05) is 29.8 Å². The van der Waals surface area contributed by atoms with E-state index in [0.717, 1.165) is 55.0 Å². The summed E-state index contributed by atoms with van der Waals surface area (Å²) in [5.74, 6) is 0.249. The maximum absolute atomic E-state index is 12.9. The zero-order valence-electron chi connectivity index (χ0n) is 18.8. The van der Waals surface area contributed by atoms with Gasteiger partial charge in [-0.3, -0.25) is 4.90 Å². The molecule has 1 aliphatic heterocycles. The van der Waals surface area contributed by atoms with E-state index in [1.54, 1.807) is 12.1 Å². The number of rotatable bonds is 4. The smallest absolute Gasteiger partial charge is 0.337 e. The molecule has 172 valence electrons. The van der Waals surface area contributed by atoms with Crippen molar-refractivity contribution < 1.29 is 14.3 Å². The number of esters is 1. The Morgan fingerprint density at radius 2 is 1.78 bits per heavy atom. The van der Waals surface area contributed by atoms with Gasteiger partial charge in [0.2, 0.25) is 0 Å². The third-order valence-corrected chi connectivity index (χ3v) is 6.53. The molecular weight excluding hydrogens is 426 g/mol. The molecule has 2 amide bonds. The topological polar surface area (TPSA) is 75.9 Å². The van der Waals surface area contributed by atoms with E-state index in [-0.39, 0.29) is 12.0 Å². The van der Waals surface area contributed by atoms with Crippen molar-refractivity contribution in [3.8, 4) is 0 Å². The molecule has 0 atom stereocenters. The number of ether oxygens (including phenoxy) is 1. The second-order valence-corrected chi connectivity index (χ2v) is 8.76. The minimum absolute atomic E-state index is 0.0742. The predicted octanol–water partition coefficient (Wildman–Crippen LogP) is 4.88. The van der Waals surface area contributed by atoms with Crippen molar-refractivity contribution in [1.29, 1.82) is 0 Å². The molecular formula is C25H32ClN3O3. The van der Waals surface area contributed by atoms with Crippen LogP contribution in [0.2, 0.25) is 5.02 Å². The molecule has 2 aromatic rings. The summed E-state index contributed by atoms with van der Waals surface area (Å²) < 4.78 is 4.76. The molecule has 32 heavy (non-hydrogen) atoms. The van der Waals surface area contributed by atoms with Gasteiger partial charge in [-0.25, -0.2) is 9.59 Å². The van der Waals surface area contributed by atoms with Crippen molar-refractivity contribution in [2.45, 2.75) is 38.6 Å². The second kappa shape index (κ2) is 11.3. The highest BCUT2D eigenvalue weighted by molar-refractivity contribution is 6.30. The Bertz CT molecular complexity index is 914. The van der Waals surface area contributed by atoms with Crippen LogP contribution < -0.4 is 10.6 Å². The monoisotopic (exact) mass is 457 g/mol. The molecule has 0 radical (unpaired) electrons. The first-order valence-electron chi connectivity index (χ1n) is 11.1. The van der Waals surface area contributed by atoms with Crippen molar-refractivity contribution in [1.82, 2.24) is 4.90 Å². The molecule has 1 aliphatic carbocycles. The molecule has 0 spiro atoms. The fraction of sp³-hybridized carbons (Fsp3) is 0.440. The van der Waals surface area contributed by atoms with Gasteiger partial charge in [-0.2, -0.15) is 0 Å². The van der Waals surface area contributed by atoms with E-state index < -0.39 is 0 Å². The minimum Gasteiger partial charge on any atom is -0.465 e. The maximum Gasteiger partial charge on any atom is 0.337 e. The number of hydrogen-bond donors (Lipinski definition) is 1. The molecule has 4 rings (SSSR count). The van der Waals surface area contributed by atoms with Crippen LogP contribution in [0.25, 0.3) is 0 Å². The van der Waals surface area contributed by atoms with Crippen LogP contribution in [-0.4, -0.2) is 49.7 Å². The first kappa shape index (κ1) is 24.1. The largest absolute Gasteiger partial charge is 0.465 e. The van der Waals surface area contributed by atoms with Crippen LogP contribution in [0.4, 0.5) is 10.5 Å². The zero-order valence-corrected chi connectivity index (χ0v) is 19.6. The number of aryl methyl sites for hydroxylation is 1. The number of hydrogen-bond acceptors (Lipinski definition) is 4. The van der Waals surface area contributed by atoms with E-state index >= 15 is 0 Å². The third kappa shape index (κ3) is 5.81.